The van der Waals surface area contributed by atoms with Crippen LogP contribution in [0.15, 0.2) is 60.8 Å². The van der Waals surface area contributed by atoms with Gasteiger partial charge in [0.25, 0.3) is 0 Å². The molecule has 2 heterocycles. The first kappa shape index (κ1) is 20.7. The van der Waals surface area contributed by atoms with E-state index in [4.69, 9.17) is 14.5 Å². The Balaban J connectivity index is 1.57. The van der Waals surface area contributed by atoms with Crippen molar-refractivity contribution in [3.63, 3.8) is 0 Å². The van der Waals surface area contributed by atoms with Gasteiger partial charge in [-0.25, -0.2) is 14.8 Å². The predicted octanol–water partition coefficient (Wildman–Crippen LogP) is 3.66. The van der Waals surface area contributed by atoms with Crippen LogP contribution in [0.5, 0.6) is 5.75 Å². The zero-order valence-corrected chi connectivity index (χ0v) is 17.8. The van der Waals surface area contributed by atoms with E-state index in [1.54, 1.807) is 20.2 Å². The number of rotatable bonds is 6. The summed E-state index contributed by atoms with van der Waals surface area (Å²) in [6.07, 6.45) is 1.58. The van der Waals surface area contributed by atoms with Crippen molar-refractivity contribution < 1.29 is 14.3 Å². The lowest BCUT2D eigenvalue weighted by molar-refractivity contribution is 0.0526. The fourth-order valence-corrected chi connectivity index (χ4v) is 3.74. The lowest BCUT2D eigenvalue weighted by atomic mass is 10.1. The number of carbonyl (C=O) groups is 1. The summed E-state index contributed by atoms with van der Waals surface area (Å²) in [5, 5.41) is 0. The molecule has 0 saturated carbocycles. The minimum absolute atomic E-state index is 0.305. The third-order valence-electron chi connectivity index (χ3n) is 5.31. The second kappa shape index (κ2) is 9.47. The van der Waals surface area contributed by atoms with Crippen LogP contribution >= 0.6 is 0 Å². The summed E-state index contributed by atoms with van der Waals surface area (Å²) in [5.74, 6) is 1.08. The fraction of sp³-hybridized carbons (Fsp3) is 0.292. The molecule has 7 heteroatoms. The van der Waals surface area contributed by atoms with Gasteiger partial charge in [-0.1, -0.05) is 42.5 Å². The Morgan fingerprint density at radius 1 is 0.968 bits per heavy atom. The molecule has 1 aromatic heterocycles. The van der Waals surface area contributed by atoms with Crippen molar-refractivity contribution in [3.05, 3.63) is 66.4 Å². The van der Waals surface area contributed by atoms with Crippen LogP contribution in [0, 0.1) is 0 Å². The number of hydrogen-bond acceptors (Lipinski definition) is 7. The Labute approximate surface area is 182 Å². The highest BCUT2D eigenvalue weighted by atomic mass is 16.5. The summed E-state index contributed by atoms with van der Waals surface area (Å²) in [5.41, 5.74) is 2.93. The summed E-state index contributed by atoms with van der Waals surface area (Å²) in [4.78, 5) is 26.2. The number of esters is 1. The normalized spacial score (nSPS) is 13.7. The van der Waals surface area contributed by atoms with Crippen LogP contribution in [0.1, 0.15) is 17.3 Å². The first-order valence-electron chi connectivity index (χ1n) is 10.4. The van der Waals surface area contributed by atoms with Gasteiger partial charge in [-0.3, -0.25) is 0 Å². The zero-order chi connectivity index (χ0) is 21.6. The average molecular weight is 418 g/mol. The monoisotopic (exact) mass is 418 g/mol. The summed E-state index contributed by atoms with van der Waals surface area (Å²) < 4.78 is 10.7. The van der Waals surface area contributed by atoms with E-state index in [0.717, 1.165) is 43.2 Å². The van der Waals surface area contributed by atoms with E-state index in [9.17, 15) is 4.79 Å². The standard InChI is InChI=1S/C24H26N4O3/c1-3-31-23(29)19-17-25-24(26-22(19)18-9-5-4-6-10-18)28-15-13-27(14-16-28)20-11-7-8-12-21(20)30-2/h4-12,17H,3,13-16H2,1-2H3. The van der Waals surface area contributed by atoms with Gasteiger partial charge in [0, 0.05) is 37.9 Å². The molecule has 0 atom stereocenters. The molecule has 7 nitrogen and oxygen atoms in total. The topological polar surface area (TPSA) is 67.8 Å². The maximum absolute atomic E-state index is 12.5. The zero-order valence-electron chi connectivity index (χ0n) is 17.8. The summed E-state index contributed by atoms with van der Waals surface area (Å²) in [6.45, 7) is 5.28. The van der Waals surface area contributed by atoms with Gasteiger partial charge < -0.3 is 19.3 Å². The Hall–Kier alpha value is -3.61. The van der Waals surface area contributed by atoms with Gasteiger partial charge in [-0.15, -0.1) is 0 Å². The molecule has 1 fully saturated rings. The van der Waals surface area contributed by atoms with Crippen LogP contribution in [0.4, 0.5) is 11.6 Å². The van der Waals surface area contributed by atoms with E-state index >= 15 is 0 Å². The van der Waals surface area contributed by atoms with Gasteiger partial charge in [-0.05, 0) is 19.1 Å². The highest BCUT2D eigenvalue weighted by Gasteiger charge is 2.24. The minimum Gasteiger partial charge on any atom is -0.495 e. The number of hydrogen-bond donors (Lipinski definition) is 0. The van der Waals surface area contributed by atoms with Crippen LogP contribution in [0.25, 0.3) is 11.3 Å². The quantitative estimate of drug-likeness (QED) is 0.566. The molecule has 0 amide bonds. The van der Waals surface area contributed by atoms with Gasteiger partial charge in [0.2, 0.25) is 5.95 Å². The number of nitrogens with zero attached hydrogens (tertiary/aromatic N) is 4. The SMILES string of the molecule is CCOC(=O)c1cnc(N2CCN(c3ccccc3OC)CC2)nc1-c1ccccc1. The molecule has 1 aliphatic rings. The Morgan fingerprint density at radius 2 is 1.65 bits per heavy atom. The molecule has 2 aromatic carbocycles. The van der Waals surface area contributed by atoms with Crippen LogP contribution in [0.3, 0.4) is 0 Å². The molecule has 4 rings (SSSR count). The molecular formula is C24H26N4O3. The molecule has 0 aliphatic carbocycles. The molecule has 160 valence electrons. The van der Waals surface area contributed by atoms with E-state index in [1.807, 2.05) is 48.5 Å². The van der Waals surface area contributed by atoms with Crippen molar-refractivity contribution in [1.82, 2.24) is 9.97 Å². The van der Waals surface area contributed by atoms with Gasteiger partial charge >= 0.3 is 5.97 Å². The van der Waals surface area contributed by atoms with Crippen molar-refractivity contribution in [3.8, 4) is 17.0 Å². The fourth-order valence-electron chi connectivity index (χ4n) is 3.74. The van der Waals surface area contributed by atoms with Crippen LogP contribution in [0.2, 0.25) is 0 Å². The first-order valence-corrected chi connectivity index (χ1v) is 10.4. The Morgan fingerprint density at radius 3 is 2.35 bits per heavy atom. The van der Waals surface area contributed by atoms with E-state index in [-0.39, 0.29) is 0 Å². The second-order valence-corrected chi connectivity index (χ2v) is 7.16. The third-order valence-corrected chi connectivity index (χ3v) is 5.31. The van der Waals surface area contributed by atoms with E-state index in [1.165, 1.54) is 0 Å². The summed E-state index contributed by atoms with van der Waals surface area (Å²) >= 11 is 0. The van der Waals surface area contributed by atoms with Crippen LogP contribution < -0.4 is 14.5 Å². The van der Waals surface area contributed by atoms with E-state index in [2.05, 4.69) is 20.9 Å². The Kier molecular flexibility index (Phi) is 6.31. The number of ether oxygens (including phenoxy) is 2. The molecule has 0 N–H and O–H groups in total. The van der Waals surface area contributed by atoms with Gasteiger partial charge in [0.05, 0.1) is 25.1 Å². The van der Waals surface area contributed by atoms with Crippen molar-refractivity contribution in [1.29, 1.82) is 0 Å². The van der Waals surface area contributed by atoms with Crippen LogP contribution in [-0.4, -0.2) is 55.8 Å². The van der Waals surface area contributed by atoms with Crippen molar-refractivity contribution in [2.75, 3.05) is 49.7 Å². The minimum atomic E-state index is -0.408. The van der Waals surface area contributed by atoms with E-state index in [0.29, 0.717) is 23.8 Å². The molecule has 0 bridgehead atoms. The van der Waals surface area contributed by atoms with Gasteiger partial charge in [-0.2, -0.15) is 0 Å². The number of piperazine rings is 1. The highest BCUT2D eigenvalue weighted by molar-refractivity contribution is 5.96. The average Bonchev–Trinajstić information content (AvgIpc) is 2.84. The predicted molar refractivity (Wildman–Crippen MR) is 121 cm³/mol. The number of methoxy groups -OCH3 is 1. The largest absolute Gasteiger partial charge is 0.495 e. The molecule has 0 unspecified atom stereocenters. The van der Waals surface area contributed by atoms with Crippen LogP contribution in [-0.2, 0) is 4.74 Å². The first-order chi connectivity index (χ1) is 15.2. The number of aromatic nitrogens is 2. The molecule has 31 heavy (non-hydrogen) atoms. The lowest BCUT2D eigenvalue weighted by Crippen LogP contribution is -2.47. The molecule has 3 aromatic rings. The summed E-state index contributed by atoms with van der Waals surface area (Å²) in [6, 6.07) is 17.7. The molecule has 0 radical (unpaired) electrons. The number of anilines is 2. The third kappa shape index (κ3) is 4.45. The number of benzene rings is 2. The number of para-hydroxylation sites is 2. The molecular weight excluding hydrogens is 392 g/mol. The van der Waals surface area contributed by atoms with Crippen molar-refractivity contribution in [2.45, 2.75) is 6.92 Å². The molecule has 1 saturated heterocycles. The van der Waals surface area contributed by atoms with Gasteiger partial charge in [0.15, 0.2) is 0 Å². The maximum atomic E-state index is 12.5. The molecule has 1 aliphatic heterocycles. The second-order valence-electron chi connectivity index (χ2n) is 7.16. The smallest absolute Gasteiger partial charge is 0.341 e. The Bertz CT molecular complexity index is 1030. The van der Waals surface area contributed by atoms with Crippen molar-refractivity contribution >= 4 is 17.6 Å². The number of carbonyl (C=O) groups excluding carboxylic acids is 1. The molecule has 0 spiro atoms. The maximum Gasteiger partial charge on any atom is 0.341 e. The lowest BCUT2D eigenvalue weighted by Gasteiger charge is -2.36. The van der Waals surface area contributed by atoms with Crippen molar-refractivity contribution in [2.24, 2.45) is 0 Å². The highest BCUT2D eigenvalue weighted by Crippen LogP contribution is 2.29. The van der Waals surface area contributed by atoms with E-state index < -0.39 is 5.97 Å². The van der Waals surface area contributed by atoms with Gasteiger partial charge in [0.1, 0.15) is 11.3 Å². The summed E-state index contributed by atoms with van der Waals surface area (Å²) in [7, 11) is 1.69.